The molecule has 0 aliphatic rings. The van der Waals surface area contributed by atoms with Crippen LogP contribution in [-0.2, 0) is 6.42 Å². The Morgan fingerprint density at radius 2 is 2.00 bits per heavy atom. The topological polar surface area (TPSA) is 93.3 Å². The Hall–Kier alpha value is -2.76. The monoisotopic (exact) mass is 258 g/mol. The number of nitrogens with zero attached hydrogens (tertiary/aromatic N) is 2. The van der Waals surface area contributed by atoms with Crippen LogP contribution >= 0.6 is 0 Å². The van der Waals surface area contributed by atoms with Crippen LogP contribution in [0.3, 0.4) is 0 Å². The highest BCUT2D eigenvalue weighted by atomic mass is 16.6. The molecule has 1 heterocycles. The van der Waals surface area contributed by atoms with Crippen molar-refractivity contribution in [3.8, 4) is 5.75 Å². The number of hydrogen-bond acceptors (Lipinski definition) is 5. The fourth-order valence-electron chi connectivity index (χ4n) is 1.69. The smallest absolute Gasteiger partial charge is 0.291 e. The zero-order valence-corrected chi connectivity index (χ0v) is 9.81. The molecule has 19 heavy (non-hydrogen) atoms. The third-order valence-electron chi connectivity index (χ3n) is 2.60. The van der Waals surface area contributed by atoms with Gasteiger partial charge < -0.3 is 5.11 Å². The summed E-state index contributed by atoms with van der Waals surface area (Å²) in [6.07, 6.45) is 1.16. The molecule has 2 aromatic rings. The van der Waals surface area contributed by atoms with Crippen LogP contribution in [-0.4, -0.2) is 20.8 Å². The number of hydrogen-bond donors (Lipinski definition) is 1. The minimum atomic E-state index is -0.583. The minimum Gasteiger partial charge on any atom is -0.507 e. The largest absolute Gasteiger partial charge is 0.507 e. The summed E-state index contributed by atoms with van der Waals surface area (Å²) in [6, 6.07) is 8.79. The number of phenols is 1. The summed E-state index contributed by atoms with van der Waals surface area (Å²) in [4.78, 5) is 26.1. The molecule has 6 nitrogen and oxygen atoms in total. The first-order valence-electron chi connectivity index (χ1n) is 5.49. The molecule has 0 amide bonds. The predicted octanol–water partition coefficient (Wildman–Crippen LogP) is 2.12. The highest BCUT2D eigenvalue weighted by Gasteiger charge is 2.19. The molecule has 2 rings (SSSR count). The molecule has 1 aromatic heterocycles. The maximum absolute atomic E-state index is 12.0. The van der Waals surface area contributed by atoms with Crippen molar-refractivity contribution < 1.29 is 14.8 Å². The van der Waals surface area contributed by atoms with Crippen molar-refractivity contribution in [1.29, 1.82) is 0 Å². The third-order valence-corrected chi connectivity index (χ3v) is 2.60. The van der Waals surface area contributed by atoms with Gasteiger partial charge in [0, 0.05) is 12.3 Å². The summed E-state index contributed by atoms with van der Waals surface area (Å²) >= 11 is 0. The fourth-order valence-corrected chi connectivity index (χ4v) is 1.69. The van der Waals surface area contributed by atoms with Crippen molar-refractivity contribution in [2.45, 2.75) is 6.42 Å². The van der Waals surface area contributed by atoms with E-state index in [9.17, 15) is 20.0 Å². The number of phenolic OH excluding ortho intramolecular Hbond substituents is 1. The molecule has 0 fully saturated rings. The van der Waals surface area contributed by atoms with E-state index >= 15 is 0 Å². The van der Waals surface area contributed by atoms with Gasteiger partial charge in [-0.2, -0.15) is 0 Å². The second kappa shape index (κ2) is 5.26. The molecule has 96 valence electrons. The molecule has 0 aliphatic heterocycles. The molecule has 6 heteroatoms. The number of ketones is 1. The van der Waals surface area contributed by atoms with Crippen molar-refractivity contribution >= 4 is 11.5 Å². The van der Waals surface area contributed by atoms with Crippen molar-refractivity contribution in [2.75, 3.05) is 0 Å². The summed E-state index contributed by atoms with van der Waals surface area (Å²) in [5.41, 5.74) is 0.00877. The Labute approximate surface area is 108 Å². The van der Waals surface area contributed by atoms with E-state index in [1.54, 1.807) is 12.1 Å². The van der Waals surface area contributed by atoms with Crippen LogP contribution in [0.2, 0.25) is 0 Å². The lowest BCUT2D eigenvalue weighted by Crippen LogP contribution is -2.07. The van der Waals surface area contributed by atoms with Gasteiger partial charge in [0.1, 0.15) is 11.4 Å². The first-order valence-corrected chi connectivity index (χ1v) is 5.49. The number of aromatic hydroxyl groups is 1. The molecular formula is C13H10N2O4. The quantitative estimate of drug-likeness (QED) is 0.515. The van der Waals surface area contributed by atoms with Crippen molar-refractivity contribution in [3.05, 3.63) is 64.0 Å². The van der Waals surface area contributed by atoms with Gasteiger partial charge in [0.05, 0.1) is 16.9 Å². The van der Waals surface area contributed by atoms with Gasteiger partial charge in [0.15, 0.2) is 5.78 Å². The minimum absolute atomic E-state index is 0.0840. The number of benzene rings is 1. The standard InChI is InChI=1S/C13H10N2O4/c16-12-6-2-1-4-9(12)13(17)8-10-11(15(18)19)5-3-7-14-10/h1-7,16H,8H2. The third kappa shape index (κ3) is 2.74. The van der Waals surface area contributed by atoms with E-state index < -0.39 is 10.7 Å². The van der Waals surface area contributed by atoms with Crippen LogP contribution in [0, 0.1) is 10.1 Å². The maximum Gasteiger partial charge on any atom is 0.291 e. The van der Waals surface area contributed by atoms with Crippen LogP contribution in [0.15, 0.2) is 42.6 Å². The number of rotatable bonds is 4. The Balaban J connectivity index is 2.30. The van der Waals surface area contributed by atoms with Gasteiger partial charge >= 0.3 is 0 Å². The molecule has 0 bridgehead atoms. The predicted molar refractivity (Wildman–Crippen MR) is 67.0 cm³/mol. The Morgan fingerprint density at radius 1 is 1.26 bits per heavy atom. The van der Waals surface area contributed by atoms with Gasteiger partial charge in [-0.1, -0.05) is 12.1 Å². The number of pyridine rings is 1. The van der Waals surface area contributed by atoms with Gasteiger partial charge in [0.25, 0.3) is 5.69 Å². The lowest BCUT2D eigenvalue weighted by molar-refractivity contribution is -0.385. The van der Waals surface area contributed by atoms with E-state index in [2.05, 4.69) is 4.98 Å². The number of aromatic nitrogens is 1. The molecule has 0 saturated heterocycles. The van der Waals surface area contributed by atoms with Gasteiger partial charge in [-0.05, 0) is 18.2 Å². The fraction of sp³-hybridized carbons (Fsp3) is 0.0769. The molecule has 1 N–H and O–H groups in total. The normalized spacial score (nSPS) is 10.1. The first kappa shape index (κ1) is 12.7. The SMILES string of the molecule is O=C(Cc1ncccc1[N+](=O)[O-])c1ccccc1O. The lowest BCUT2D eigenvalue weighted by atomic mass is 10.0. The van der Waals surface area contributed by atoms with Crippen molar-refractivity contribution in [2.24, 2.45) is 0 Å². The summed E-state index contributed by atoms with van der Waals surface area (Å²) in [5, 5.41) is 20.4. The molecule has 0 atom stereocenters. The molecule has 0 unspecified atom stereocenters. The Morgan fingerprint density at radius 3 is 2.68 bits per heavy atom. The summed E-state index contributed by atoms with van der Waals surface area (Å²) in [7, 11) is 0. The van der Waals surface area contributed by atoms with Crippen LogP contribution in [0.1, 0.15) is 16.1 Å². The number of para-hydroxylation sites is 1. The van der Waals surface area contributed by atoms with E-state index in [-0.39, 0.29) is 29.1 Å². The van der Waals surface area contributed by atoms with Gasteiger partial charge in [-0.15, -0.1) is 0 Å². The number of carbonyl (C=O) groups is 1. The van der Waals surface area contributed by atoms with Crippen LogP contribution in [0.5, 0.6) is 5.75 Å². The van der Waals surface area contributed by atoms with E-state index in [4.69, 9.17) is 0 Å². The highest BCUT2D eigenvalue weighted by Crippen LogP contribution is 2.21. The zero-order valence-electron chi connectivity index (χ0n) is 9.81. The molecule has 0 radical (unpaired) electrons. The second-order valence-corrected chi connectivity index (χ2v) is 3.84. The Kier molecular flexibility index (Phi) is 3.51. The molecule has 0 saturated carbocycles. The summed E-state index contributed by atoms with van der Waals surface area (Å²) in [5.74, 6) is -0.564. The lowest BCUT2D eigenvalue weighted by Gasteiger charge is -2.03. The van der Waals surface area contributed by atoms with Crippen molar-refractivity contribution in [3.63, 3.8) is 0 Å². The summed E-state index contributed by atoms with van der Waals surface area (Å²) < 4.78 is 0. The van der Waals surface area contributed by atoms with E-state index in [0.717, 1.165) is 0 Å². The first-order chi connectivity index (χ1) is 9.09. The Bertz CT molecular complexity index is 640. The number of nitro groups is 1. The second-order valence-electron chi connectivity index (χ2n) is 3.84. The average molecular weight is 258 g/mol. The zero-order chi connectivity index (χ0) is 13.8. The maximum atomic E-state index is 12.0. The van der Waals surface area contributed by atoms with Crippen LogP contribution in [0.25, 0.3) is 0 Å². The summed E-state index contributed by atoms with van der Waals surface area (Å²) in [6.45, 7) is 0. The molecular weight excluding hydrogens is 248 g/mol. The van der Waals surface area contributed by atoms with Crippen LogP contribution < -0.4 is 0 Å². The van der Waals surface area contributed by atoms with Crippen LogP contribution in [0.4, 0.5) is 5.69 Å². The van der Waals surface area contributed by atoms with Gasteiger partial charge in [-0.25, -0.2) is 0 Å². The average Bonchev–Trinajstić information content (AvgIpc) is 2.39. The molecule has 1 aromatic carbocycles. The van der Waals surface area contributed by atoms with E-state index in [1.165, 1.54) is 30.5 Å². The number of Topliss-reactive ketones (excluding diaryl/α,β-unsaturated/α-hetero) is 1. The molecule has 0 aliphatic carbocycles. The highest BCUT2D eigenvalue weighted by molar-refractivity contribution is 5.99. The van der Waals surface area contributed by atoms with E-state index in [0.29, 0.717) is 0 Å². The van der Waals surface area contributed by atoms with Gasteiger partial charge in [-0.3, -0.25) is 19.9 Å². The van der Waals surface area contributed by atoms with Gasteiger partial charge in [0.2, 0.25) is 0 Å². The van der Waals surface area contributed by atoms with Crippen molar-refractivity contribution in [1.82, 2.24) is 4.98 Å². The molecule has 0 spiro atoms. The number of carbonyl (C=O) groups excluding carboxylic acids is 1. The van der Waals surface area contributed by atoms with E-state index in [1.807, 2.05) is 0 Å².